The minimum atomic E-state index is 0.628. The van der Waals surface area contributed by atoms with Crippen LogP contribution < -0.4 is 0 Å². The second-order valence-electron chi connectivity index (χ2n) is 12.2. The van der Waals surface area contributed by atoms with Crippen molar-refractivity contribution in [3.63, 3.8) is 0 Å². The Bertz CT molecular complexity index is 2340. The van der Waals surface area contributed by atoms with E-state index in [0.717, 1.165) is 51.1 Å². The molecule has 0 bridgehead atoms. The molecule has 9 rings (SSSR count). The lowest BCUT2D eigenvalue weighted by atomic mass is 9.95. The second kappa shape index (κ2) is 12.2. The van der Waals surface area contributed by atoms with Gasteiger partial charge in [-0.05, 0) is 45.0 Å². The minimum absolute atomic E-state index is 0.628. The predicted molar refractivity (Wildman–Crippen MR) is 196 cm³/mol. The summed E-state index contributed by atoms with van der Waals surface area (Å²) in [5.41, 5.74) is 14.3. The molecular formula is C44H29N5. The molecule has 1 aliphatic rings. The molecule has 1 aliphatic carbocycles. The highest BCUT2D eigenvalue weighted by molar-refractivity contribution is 5.84. The highest BCUT2D eigenvalue weighted by atomic mass is 15.0. The molecule has 8 aromatic rings. The third-order valence-corrected chi connectivity index (χ3v) is 9.15. The molecule has 2 aromatic heterocycles. The molecule has 0 radical (unpaired) electrons. The second-order valence-corrected chi connectivity index (χ2v) is 12.2. The normalized spacial score (nSPS) is 11.6. The number of hydrogen-bond donors (Lipinski definition) is 0. The van der Waals surface area contributed by atoms with Gasteiger partial charge in [-0.3, -0.25) is 0 Å². The Balaban J connectivity index is 1.14. The van der Waals surface area contributed by atoms with Gasteiger partial charge >= 0.3 is 0 Å². The lowest BCUT2D eigenvalue weighted by Crippen LogP contribution is -2.00. The zero-order valence-corrected chi connectivity index (χ0v) is 26.5. The first-order chi connectivity index (χ1) is 24.3. The number of fused-ring (bicyclic) bond motifs is 3. The summed E-state index contributed by atoms with van der Waals surface area (Å²) in [6, 6.07) is 52.6. The van der Waals surface area contributed by atoms with Crippen molar-refractivity contribution in [3.05, 3.63) is 175 Å². The molecule has 0 saturated heterocycles. The van der Waals surface area contributed by atoms with Crippen LogP contribution in [-0.4, -0.2) is 24.9 Å². The molecule has 0 atom stereocenters. The van der Waals surface area contributed by atoms with Crippen molar-refractivity contribution >= 4 is 0 Å². The Morgan fingerprint density at radius 2 is 0.857 bits per heavy atom. The van der Waals surface area contributed by atoms with Crippen LogP contribution in [0, 0.1) is 0 Å². The Morgan fingerprint density at radius 1 is 0.388 bits per heavy atom. The standard InChI is InChI=1S/C44H29N5/c1-3-9-29(10-4-1)31-17-21-33(22-18-31)42-47-43(34-23-19-32(20-24-34)30-11-5-2-6-12-30)49-44(48-42)36-14-7-13-35(25-36)38-15-8-16-39-40(38)26-37-27-45-28-46-41(37)39/h1-25,27-28H,26H2. The van der Waals surface area contributed by atoms with E-state index in [1.807, 2.05) is 18.3 Å². The van der Waals surface area contributed by atoms with E-state index in [4.69, 9.17) is 15.0 Å². The van der Waals surface area contributed by atoms with Gasteiger partial charge in [0.15, 0.2) is 17.5 Å². The van der Waals surface area contributed by atoms with E-state index in [2.05, 4.69) is 149 Å². The molecule has 0 aliphatic heterocycles. The predicted octanol–water partition coefficient (Wildman–Crippen LogP) is 10.2. The Hall–Kier alpha value is -6.59. The van der Waals surface area contributed by atoms with Gasteiger partial charge in [0.25, 0.3) is 0 Å². The molecule has 0 fully saturated rings. The Labute approximate surface area is 284 Å². The van der Waals surface area contributed by atoms with Gasteiger partial charge in [0.1, 0.15) is 6.33 Å². The van der Waals surface area contributed by atoms with Crippen LogP contribution in [0.2, 0.25) is 0 Å². The molecule has 5 nitrogen and oxygen atoms in total. The highest BCUT2D eigenvalue weighted by Crippen LogP contribution is 2.41. The average Bonchev–Trinajstić information content (AvgIpc) is 3.58. The minimum Gasteiger partial charge on any atom is -0.244 e. The van der Waals surface area contributed by atoms with Gasteiger partial charge < -0.3 is 0 Å². The zero-order valence-electron chi connectivity index (χ0n) is 26.5. The summed E-state index contributed by atoms with van der Waals surface area (Å²) in [6.07, 6.45) is 4.36. The maximum atomic E-state index is 5.07. The molecule has 0 unspecified atom stereocenters. The molecule has 0 N–H and O–H groups in total. The summed E-state index contributed by atoms with van der Waals surface area (Å²) in [5.74, 6) is 1.89. The van der Waals surface area contributed by atoms with Crippen LogP contribution in [-0.2, 0) is 6.42 Å². The molecule has 0 spiro atoms. The van der Waals surface area contributed by atoms with Gasteiger partial charge in [-0.15, -0.1) is 0 Å². The summed E-state index contributed by atoms with van der Waals surface area (Å²) in [5, 5.41) is 0. The zero-order chi connectivity index (χ0) is 32.6. The molecule has 2 heterocycles. The Morgan fingerprint density at radius 3 is 1.47 bits per heavy atom. The largest absolute Gasteiger partial charge is 0.244 e. The summed E-state index contributed by atoms with van der Waals surface area (Å²) < 4.78 is 0. The van der Waals surface area contributed by atoms with E-state index in [-0.39, 0.29) is 0 Å². The first-order valence-corrected chi connectivity index (χ1v) is 16.4. The molecule has 49 heavy (non-hydrogen) atoms. The fourth-order valence-corrected chi connectivity index (χ4v) is 6.66. The van der Waals surface area contributed by atoms with Crippen LogP contribution in [0.4, 0.5) is 0 Å². The lowest BCUT2D eigenvalue weighted by molar-refractivity contribution is 1.07. The number of aromatic nitrogens is 5. The van der Waals surface area contributed by atoms with E-state index in [9.17, 15) is 0 Å². The van der Waals surface area contributed by atoms with Gasteiger partial charge in [0, 0.05) is 40.4 Å². The van der Waals surface area contributed by atoms with E-state index in [1.54, 1.807) is 6.33 Å². The van der Waals surface area contributed by atoms with E-state index < -0.39 is 0 Å². The molecular weight excluding hydrogens is 599 g/mol. The van der Waals surface area contributed by atoms with Crippen LogP contribution in [0.1, 0.15) is 11.1 Å². The van der Waals surface area contributed by atoms with Crippen molar-refractivity contribution in [2.45, 2.75) is 6.42 Å². The molecule has 6 aromatic carbocycles. The summed E-state index contributed by atoms with van der Waals surface area (Å²) in [7, 11) is 0. The molecule has 0 saturated carbocycles. The van der Waals surface area contributed by atoms with Crippen molar-refractivity contribution in [3.8, 4) is 78.8 Å². The molecule has 230 valence electrons. The van der Waals surface area contributed by atoms with Crippen molar-refractivity contribution in [2.75, 3.05) is 0 Å². The van der Waals surface area contributed by atoms with Crippen LogP contribution in [0.15, 0.2) is 164 Å². The van der Waals surface area contributed by atoms with E-state index in [0.29, 0.717) is 17.5 Å². The van der Waals surface area contributed by atoms with Crippen LogP contribution in [0.5, 0.6) is 0 Å². The van der Waals surface area contributed by atoms with Crippen LogP contribution in [0.3, 0.4) is 0 Å². The maximum absolute atomic E-state index is 5.07. The SMILES string of the molecule is c1ccc(-c2ccc(-c3nc(-c4ccc(-c5ccccc5)cc4)nc(-c4cccc(-c5cccc6c5Cc5cncnc5-6)c4)n3)cc2)cc1. The summed E-state index contributed by atoms with van der Waals surface area (Å²) in [6.45, 7) is 0. The van der Waals surface area contributed by atoms with Crippen molar-refractivity contribution in [2.24, 2.45) is 0 Å². The third-order valence-electron chi connectivity index (χ3n) is 9.15. The summed E-state index contributed by atoms with van der Waals surface area (Å²) in [4.78, 5) is 24.0. The van der Waals surface area contributed by atoms with Crippen molar-refractivity contribution < 1.29 is 0 Å². The molecule has 0 amide bonds. The molecule has 5 heteroatoms. The van der Waals surface area contributed by atoms with Gasteiger partial charge in [0.2, 0.25) is 0 Å². The topological polar surface area (TPSA) is 64.5 Å². The number of nitrogens with zero attached hydrogens (tertiary/aromatic N) is 5. The number of benzene rings is 6. The van der Waals surface area contributed by atoms with Gasteiger partial charge in [-0.2, -0.15) is 0 Å². The maximum Gasteiger partial charge on any atom is 0.164 e. The summed E-state index contributed by atoms with van der Waals surface area (Å²) >= 11 is 0. The van der Waals surface area contributed by atoms with Gasteiger partial charge in [0.05, 0.1) is 5.69 Å². The van der Waals surface area contributed by atoms with E-state index in [1.165, 1.54) is 27.8 Å². The van der Waals surface area contributed by atoms with Crippen molar-refractivity contribution in [1.29, 1.82) is 0 Å². The van der Waals surface area contributed by atoms with Crippen LogP contribution >= 0.6 is 0 Å². The third kappa shape index (κ3) is 5.47. The van der Waals surface area contributed by atoms with Crippen LogP contribution in [0.25, 0.3) is 78.8 Å². The van der Waals surface area contributed by atoms with Gasteiger partial charge in [-0.1, -0.05) is 146 Å². The monoisotopic (exact) mass is 627 g/mol. The first kappa shape index (κ1) is 28.6. The van der Waals surface area contributed by atoms with Gasteiger partial charge in [-0.25, -0.2) is 24.9 Å². The Kier molecular flexibility index (Phi) is 7.13. The average molecular weight is 628 g/mol. The number of rotatable bonds is 6. The quantitative estimate of drug-likeness (QED) is 0.184. The lowest BCUT2D eigenvalue weighted by Gasteiger charge is -2.12. The van der Waals surface area contributed by atoms with E-state index >= 15 is 0 Å². The fourth-order valence-electron chi connectivity index (χ4n) is 6.66. The first-order valence-electron chi connectivity index (χ1n) is 16.4. The van der Waals surface area contributed by atoms with Crippen molar-refractivity contribution in [1.82, 2.24) is 24.9 Å². The highest BCUT2D eigenvalue weighted by Gasteiger charge is 2.23. The smallest absolute Gasteiger partial charge is 0.164 e. The fraction of sp³-hybridized carbons (Fsp3) is 0.0227. The number of hydrogen-bond acceptors (Lipinski definition) is 5.